The average Bonchev–Trinajstić information content (AvgIpc) is 2.63. The van der Waals surface area contributed by atoms with Crippen molar-refractivity contribution in [3.05, 3.63) is 65.7 Å². The normalized spacial score (nSPS) is 12.1. The summed E-state index contributed by atoms with van der Waals surface area (Å²) in [6, 6.07) is 19.0. The highest BCUT2D eigenvalue weighted by atomic mass is 16.7. The molecule has 2 rings (SSSR count). The van der Waals surface area contributed by atoms with E-state index in [-0.39, 0.29) is 6.79 Å². The van der Waals surface area contributed by atoms with Gasteiger partial charge in [-0.1, -0.05) is 49.4 Å². The Kier molecular flexibility index (Phi) is 8.36. The minimum absolute atomic E-state index is 0.270. The molecule has 0 aliphatic heterocycles. The number of aryl methyl sites for hydroxylation is 1. The molecular weight excluding hydrogens is 298 g/mol. The molecule has 1 N–H and O–H groups in total. The Morgan fingerprint density at radius 2 is 1.71 bits per heavy atom. The van der Waals surface area contributed by atoms with E-state index in [1.807, 2.05) is 42.5 Å². The van der Waals surface area contributed by atoms with E-state index in [1.54, 1.807) is 0 Å². The van der Waals surface area contributed by atoms with E-state index in [9.17, 15) is 0 Å². The Morgan fingerprint density at radius 1 is 0.958 bits per heavy atom. The van der Waals surface area contributed by atoms with E-state index in [1.165, 1.54) is 12.0 Å². The molecule has 0 fully saturated rings. The molecule has 0 aliphatic carbocycles. The summed E-state index contributed by atoms with van der Waals surface area (Å²) in [5, 5.41) is 3.52. The first-order valence-corrected chi connectivity index (χ1v) is 8.84. The summed E-state index contributed by atoms with van der Waals surface area (Å²) in [4.78, 5) is 0. The van der Waals surface area contributed by atoms with E-state index in [2.05, 4.69) is 31.3 Å². The lowest BCUT2D eigenvalue weighted by molar-refractivity contribution is 0.00504. The van der Waals surface area contributed by atoms with Crippen LogP contribution in [0.1, 0.15) is 37.8 Å². The fourth-order valence-electron chi connectivity index (χ4n) is 2.47. The van der Waals surface area contributed by atoms with Crippen molar-refractivity contribution in [1.29, 1.82) is 0 Å². The number of rotatable bonds is 11. The van der Waals surface area contributed by atoms with Gasteiger partial charge < -0.3 is 14.8 Å². The van der Waals surface area contributed by atoms with Gasteiger partial charge in [-0.15, -0.1) is 0 Å². The largest absolute Gasteiger partial charge is 0.468 e. The molecule has 2 aromatic carbocycles. The van der Waals surface area contributed by atoms with Gasteiger partial charge in [-0.2, -0.15) is 0 Å². The zero-order valence-corrected chi connectivity index (χ0v) is 14.8. The molecule has 2 aromatic rings. The van der Waals surface area contributed by atoms with Gasteiger partial charge in [-0.3, -0.25) is 0 Å². The Morgan fingerprint density at radius 3 is 2.42 bits per heavy atom. The fourth-order valence-corrected chi connectivity index (χ4v) is 2.47. The molecular formula is C21H29NO2. The number of hydrogen-bond donors (Lipinski definition) is 1. The van der Waals surface area contributed by atoms with E-state index in [4.69, 9.17) is 9.47 Å². The average molecular weight is 327 g/mol. The van der Waals surface area contributed by atoms with E-state index in [0.717, 1.165) is 30.7 Å². The lowest BCUT2D eigenvalue weighted by Gasteiger charge is -2.13. The summed E-state index contributed by atoms with van der Waals surface area (Å²) >= 11 is 0. The molecule has 0 aliphatic rings. The molecule has 24 heavy (non-hydrogen) atoms. The SMILES string of the molecule is CCCNC(C)CCc1ccc(OCOCc2ccccc2)cc1. The molecule has 0 saturated carbocycles. The summed E-state index contributed by atoms with van der Waals surface area (Å²) in [7, 11) is 0. The van der Waals surface area contributed by atoms with Crippen molar-refractivity contribution in [2.75, 3.05) is 13.3 Å². The van der Waals surface area contributed by atoms with Crippen molar-refractivity contribution in [2.45, 2.75) is 45.8 Å². The number of benzene rings is 2. The molecule has 0 radical (unpaired) electrons. The Labute approximate surface area is 146 Å². The number of ether oxygens (including phenoxy) is 2. The van der Waals surface area contributed by atoms with E-state index in [0.29, 0.717) is 12.6 Å². The number of nitrogens with one attached hydrogen (secondary N) is 1. The van der Waals surface area contributed by atoms with Gasteiger partial charge in [0.1, 0.15) is 5.75 Å². The zero-order valence-electron chi connectivity index (χ0n) is 14.8. The lowest BCUT2D eigenvalue weighted by atomic mass is 10.1. The summed E-state index contributed by atoms with van der Waals surface area (Å²) in [5.41, 5.74) is 2.50. The van der Waals surface area contributed by atoms with Gasteiger partial charge in [0.05, 0.1) is 6.61 Å². The Bertz CT molecular complexity index is 554. The van der Waals surface area contributed by atoms with E-state index < -0.39 is 0 Å². The van der Waals surface area contributed by atoms with Crippen LogP contribution in [0.2, 0.25) is 0 Å². The predicted molar refractivity (Wildman–Crippen MR) is 99.2 cm³/mol. The van der Waals surface area contributed by atoms with Crippen molar-refractivity contribution in [3.8, 4) is 5.75 Å². The quantitative estimate of drug-likeness (QED) is 0.485. The molecule has 0 amide bonds. The van der Waals surface area contributed by atoms with Gasteiger partial charge in [0.15, 0.2) is 6.79 Å². The highest BCUT2D eigenvalue weighted by molar-refractivity contribution is 5.27. The van der Waals surface area contributed by atoms with E-state index >= 15 is 0 Å². The smallest absolute Gasteiger partial charge is 0.189 e. The van der Waals surface area contributed by atoms with Crippen LogP contribution in [-0.4, -0.2) is 19.4 Å². The monoisotopic (exact) mass is 327 g/mol. The molecule has 0 saturated heterocycles. The van der Waals surface area contributed by atoms with Crippen LogP contribution in [0.4, 0.5) is 0 Å². The second kappa shape index (κ2) is 10.8. The van der Waals surface area contributed by atoms with Crippen LogP contribution in [-0.2, 0) is 17.8 Å². The van der Waals surface area contributed by atoms with Crippen molar-refractivity contribution in [3.63, 3.8) is 0 Å². The molecule has 3 nitrogen and oxygen atoms in total. The van der Waals surface area contributed by atoms with Crippen molar-refractivity contribution in [1.82, 2.24) is 5.32 Å². The van der Waals surface area contributed by atoms with Crippen molar-refractivity contribution >= 4 is 0 Å². The first-order chi connectivity index (χ1) is 11.8. The highest BCUT2D eigenvalue weighted by Crippen LogP contribution is 2.14. The summed E-state index contributed by atoms with van der Waals surface area (Å²) < 4.78 is 11.2. The van der Waals surface area contributed by atoms with Crippen LogP contribution in [0.25, 0.3) is 0 Å². The van der Waals surface area contributed by atoms with Crippen LogP contribution < -0.4 is 10.1 Å². The maximum absolute atomic E-state index is 5.63. The van der Waals surface area contributed by atoms with Crippen LogP contribution in [0.3, 0.4) is 0 Å². The molecule has 0 heterocycles. The van der Waals surface area contributed by atoms with Crippen LogP contribution in [0.15, 0.2) is 54.6 Å². The third-order valence-electron chi connectivity index (χ3n) is 3.95. The molecule has 0 bridgehead atoms. The van der Waals surface area contributed by atoms with Crippen molar-refractivity contribution < 1.29 is 9.47 Å². The molecule has 3 heteroatoms. The van der Waals surface area contributed by atoms with Gasteiger partial charge in [-0.25, -0.2) is 0 Å². The lowest BCUT2D eigenvalue weighted by Crippen LogP contribution is -2.27. The van der Waals surface area contributed by atoms with Gasteiger partial charge in [-0.05, 0) is 56.0 Å². The maximum atomic E-state index is 5.63. The molecule has 1 unspecified atom stereocenters. The predicted octanol–water partition coefficient (Wildman–Crippen LogP) is 4.56. The Balaban J connectivity index is 1.64. The first-order valence-electron chi connectivity index (χ1n) is 8.84. The topological polar surface area (TPSA) is 30.5 Å². The third-order valence-corrected chi connectivity index (χ3v) is 3.95. The van der Waals surface area contributed by atoms with Crippen LogP contribution >= 0.6 is 0 Å². The summed E-state index contributed by atoms with van der Waals surface area (Å²) in [5.74, 6) is 0.851. The highest BCUT2D eigenvalue weighted by Gasteiger charge is 2.02. The third kappa shape index (κ3) is 7.16. The minimum Gasteiger partial charge on any atom is -0.468 e. The first kappa shape index (κ1) is 18.5. The standard InChI is InChI=1S/C21H29NO2/c1-3-15-22-18(2)9-10-19-11-13-21(14-12-19)24-17-23-16-20-7-5-4-6-8-20/h4-8,11-14,18,22H,3,9-10,15-17H2,1-2H3. The van der Waals surface area contributed by atoms with Crippen LogP contribution in [0.5, 0.6) is 5.75 Å². The molecule has 1 atom stereocenters. The summed E-state index contributed by atoms with van der Waals surface area (Å²) in [6.45, 7) is 6.38. The second-order valence-electron chi connectivity index (χ2n) is 6.13. The zero-order chi connectivity index (χ0) is 17.0. The van der Waals surface area contributed by atoms with Crippen LogP contribution in [0, 0.1) is 0 Å². The molecule has 0 spiro atoms. The minimum atomic E-state index is 0.270. The second-order valence-corrected chi connectivity index (χ2v) is 6.13. The van der Waals surface area contributed by atoms with Gasteiger partial charge >= 0.3 is 0 Å². The summed E-state index contributed by atoms with van der Waals surface area (Å²) in [6.07, 6.45) is 3.42. The van der Waals surface area contributed by atoms with Gasteiger partial charge in [0, 0.05) is 6.04 Å². The van der Waals surface area contributed by atoms with Crippen molar-refractivity contribution in [2.24, 2.45) is 0 Å². The molecule has 130 valence electrons. The van der Waals surface area contributed by atoms with Gasteiger partial charge in [0.2, 0.25) is 0 Å². The number of hydrogen-bond acceptors (Lipinski definition) is 3. The molecule has 0 aromatic heterocycles. The Hall–Kier alpha value is -1.84. The maximum Gasteiger partial charge on any atom is 0.189 e. The fraction of sp³-hybridized carbons (Fsp3) is 0.429. The van der Waals surface area contributed by atoms with Gasteiger partial charge in [0.25, 0.3) is 0 Å².